The Labute approximate surface area is 236 Å². The van der Waals surface area contributed by atoms with Crippen molar-refractivity contribution in [2.75, 3.05) is 0 Å². The maximum absolute atomic E-state index is 2.46. The van der Waals surface area contributed by atoms with Gasteiger partial charge < -0.3 is 9.13 Å². The third-order valence-electron chi connectivity index (χ3n) is 8.40. The summed E-state index contributed by atoms with van der Waals surface area (Å²) < 4.78 is 4.87. The quantitative estimate of drug-likeness (QED) is 0.215. The fraction of sp³-hybridized carbons (Fsp3) is 0.211. The van der Waals surface area contributed by atoms with Crippen molar-refractivity contribution in [3.05, 3.63) is 120 Å². The molecule has 0 fully saturated rings. The first kappa shape index (κ1) is 24.7. The van der Waals surface area contributed by atoms with Gasteiger partial charge in [-0.05, 0) is 70.5 Å². The highest BCUT2D eigenvalue weighted by molar-refractivity contribution is 6.12. The zero-order chi connectivity index (χ0) is 27.8. The van der Waals surface area contributed by atoms with Gasteiger partial charge in [0.25, 0.3) is 0 Å². The normalized spacial score (nSPS) is 12.8. The van der Waals surface area contributed by atoms with E-state index in [1.807, 2.05) is 0 Å². The number of nitrogens with zero attached hydrogens (tertiary/aromatic N) is 2. The molecule has 0 aliphatic heterocycles. The molecule has 0 amide bonds. The first-order chi connectivity index (χ1) is 19.1. The number of hydrogen-bond donors (Lipinski definition) is 0. The van der Waals surface area contributed by atoms with Gasteiger partial charge in [-0.15, -0.1) is 0 Å². The van der Waals surface area contributed by atoms with Crippen LogP contribution in [0.3, 0.4) is 0 Å². The number of hydrogen-bond acceptors (Lipinski definition) is 0. The van der Waals surface area contributed by atoms with Gasteiger partial charge >= 0.3 is 0 Å². The highest BCUT2D eigenvalue weighted by Crippen LogP contribution is 2.38. The van der Waals surface area contributed by atoms with Crippen molar-refractivity contribution in [3.63, 3.8) is 0 Å². The number of fused-ring (bicyclic) bond motifs is 6. The van der Waals surface area contributed by atoms with Crippen molar-refractivity contribution >= 4 is 43.6 Å². The van der Waals surface area contributed by atoms with E-state index in [1.165, 1.54) is 66.1 Å². The number of benzene rings is 5. The van der Waals surface area contributed by atoms with Gasteiger partial charge in [-0.25, -0.2) is 0 Å². The molecule has 0 atom stereocenters. The van der Waals surface area contributed by atoms with Gasteiger partial charge in [0, 0.05) is 32.9 Å². The first-order valence-electron chi connectivity index (χ1n) is 14.3. The summed E-state index contributed by atoms with van der Waals surface area (Å²) in [7, 11) is 0. The molecule has 2 heterocycles. The van der Waals surface area contributed by atoms with Gasteiger partial charge in [-0.3, -0.25) is 0 Å². The van der Waals surface area contributed by atoms with Gasteiger partial charge in [-0.1, -0.05) is 102 Å². The lowest BCUT2D eigenvalue weighted by Gasteiger charge is -2.26. The fourth-order valence-corrected chi connectivity index (χ4v) is 6.19. The summed E-state index contributed by atoms with van der Waals surface area (Å²) in [6, 6.07) is 40.5. The summed E-state index contributed by atoms with van der Waals surface area (Å²) in [5.41, 5.74) is 10.2. The maximum atomic E-state index is 2.46. The van der Waals surface area contributed by atoms with Crippen LogP contribution >= 0.6 is 0 Å². The van der Waals surface area contributed by atoms with E-state index in [0.29, 0.717) is 0 Å². The van der Waals surface area contributed by atoms with Crippen LogP contribution in [0.1, 0.15) is 52.7 Å². The Morgan fingerprint density at radius 2 is 0.775 bits per heavy atom. The van der Waals surface area contributed by atoms with Crippen LogP contribution in [0.15, 0.2) is 109 Å². The minimum Gasteiger partial charge on any atom is -0.309 e. The molecule has 5 aromatic carbocycles. The summed E-state index contributed by atoms with van der Waals surface area (Å²) >= 11 is 0. The average molecular weight is 521 g/mol. The van der Waals surface area contributed by atoms with E-state index in [-0.39, 0.29) is 10.8 Å². The predicted molar refractivity (Wildman–Crippen MR) is 173 cm³/mol. The molecule has 0 saturated heterocycles. The van der Waals surface area contributed by atoms with E-state index < -0.39 is 0 Å². The zero-order valence-corrected chi connectivity index (χ0v) is 24.3. The van der Waals surface area contributed by atoms with Crippen LogP contribution in [-0.4, -0.2) is 9.13 Å². The Morgan fingerprint density at radius 3 is 1.25 bits per heavy atom. The number of aromatic nitrogens is 2. The summed E-state index contributed by atoms with van der Waals surface area (Å²) in [6.07, 6.45) is 0. The molecule has 0 saturated carbocycles. The molecule has 198 valence electrons. The van der Waals surface area contributed by atoms with Crippen LogP contribution < -0.4 is 0 Å². The third-order valence-corrected chi connectivity index (χ3v) is 8.40. The molecule has 2 aromatic heterocycles. The van der Waals surface area contributed by atoms with E-state index in [1.54, 1.807) is 0 Å². The van der Waals surface area contributed by atoms with Crippen LogP contribution in [-0.2, 0) is 10.8 Å². The molecule has 0 N–H and O–H groups in total. The molecule has 0 bridgehead atoms. The molecule has 0 aliphatic carbocycles. The van der Waals surface area contributed by atoms with Crippen molar-refractivity contribution in [3.8, 4) is 11.4 Å². The molecule has 0 spiro atoms. The summed E-state index contributed by atoms with van der Waals surface area (Å²) in [4.78, 5) is 0. The van der Waals surface area contributed by atoms with Crippen LogP contribution in [0.4, 0.5) is 0 Å². The van der Waals surface area contributed by atoms with Crippen molar-refractivity contribution in [2.24, 2.45) is 0 Å². The Balaban J connectivity index is 1.54. The van der Waals surface area contributed by atoms with Crippen LogP contribution in [0.5, 0.6) is 0 Å². The molecule has 0 radical (unpaired) electrons. The highest BCUT2D eigenvalue weighted by atomic mass is 15.0. The van der Waals surface area contributed by atoms with E-state index >= 15 is 0 Å². The third kappa shape index (κ3) is 3.78. The van der Waals surface area contributed by atoms with Gasteiger partial charge in [0.05, 0.1) is 22.1 Å². The minimum absolute atomic E-state index is 0.0540. The lowest BCUT2D eigenvalue weighted by molar-refractivity contribution is 0.568. The molecular weight excluding hydrogens is 484 g/mol. The zero-order valence-electron chi connectivity index (χ0n) is 24.3. The largest absolute Gasteiger partial charge is 0.309 e. The smallest absolute Gasteiger partial charge is 0.0542 e. The van der Waals surface area contributed by atoms with Crippen LogP contribution in [0.2, 0.25) is 0 Å². The molecule has 2 nitrogen and oxygen atoms in total. The Hall–Kier alpha value is -4.30. The second-order valence-electron chi connectivity index (χ2n) is 13.2. The van der Waals surface area contributed by atoms with E-state index in [0.717, 1.165) is 0 Å². The molecule has 7 rings (SSSR count). The average Bonchev–Trinajstić information content (AvgIpc) is 3.44. The van der Waals surface area contributed by atoms with Gasteiger partial charge in [0.2, 0.25) is 0 Å². The molecule has 0 aliphatic rings. The van der Waals surface area contributed by atoms with Crippen molar-refractivity contribution in [1.29, 1.82) is 0 Å². The van der Waals surface area contributed by atoms with Crippen LogP contribution in [0.25, 0.3) is 55.0 Å². The van der Waals surface area contributed by atoms with Crippen LogP contribution in [0, 0.1) is 0 Å². The molecule has 2 heteroatoms. The standard InChI is InChI=1S/C38H36N2/c1-37(2,3)25-21-26(38(4,5)6)23-28(22-25)40-35-18-12-9-15-31(35)32-24-27(19-20-36(32)40)39-33-16-10-7-13-29(33)30-14-8-11-17-34(30)39/h7-24H,1-6H3. The minimum atomic E-state index is 0.0540. The predicted octanol–water partition coefficient (Wildman–Crippen LogP) is 10.5. The topological polar surface area (TPSA) is 9.86 Å². The van der Waals surface area contributed by atoms with E-state index in [4.69, 9.17) is 0 Å². The molecule has 7 aromatic rings. The molecule has 0 unspecified atom stereocenters. The highest BCUT2D eigenvalue weighted by Gasteiger charge is 2.23. The van der Waals surface area contributed by atoms with E-state index in [2.05, 4.69) is 160 Å². The summed E-state index contributed by atoms with van der Waals surface area (Å²) in [5.74, 6) is 0. The lowest BCUT2D eigenvalue weighted by Crippen LogP contribution is -2.17. The monoisotopic (exact) mass is 520 g/mol. The van der Waals surface area contributed by atoms with Gasteiger partial charge in [-0.2, -0.15) is 0 Å². The summed E-state index contributed by atoms with van der Waals surface area (Å²) in [6.45, 7) is 13.8. The summed E-state index contributed by atoms with van der Waals surface area (Å²) in [5, 5.41) is 5.12. The molecule has 40 heavy (non-hydrogen) atoms. The Bertz CT molecular complexity index is 1980. The van der Waals surface area contributed by atoms with Gasteiger partial charge in [0.15, 0.2) is 0 Å². The Kier molecular flexibility index (Phi) is 5.31. The lowest BCUT2D eigenvalue weighted by atomic mass is 9.80. The first-order valence-corrected chi connectivity index (χ1v) is 14.3. The fourth-order valence-electron chi connectivity index (χ4n) is 6.19. The van der Waals surface area contributed by atoms with Crippen molar-refractivity contribution in [1.82, 2.24) is 9.13 Å². The second-order valence-corrected chi connectivity index (χ2v) is 13.2. The maximum Gasteiger partial charge on any atom is 0.0542 e. The second kappa shape index (κ2) is 8.60. The van der Waals surface area contributed by atoms with Crippen molar-refractivity contribution in [2.45, 2.75) is 52.4 Å². The van der Waals surface area contributed by atoms with Crippen molar-refractivity contribution < 1.29 is 0 Å². The van der Waals surface area contributed by atoms with E-state index in [9.17, 15) is 0 Å². The SMILES string of the molecule is CC(C)(C)c1cc(-n2c3ccccc3c3cc(-n4c5ccccc5c5ccccc54)ccc32)cc(C(C)(C)C)c1. The number of rotatable bonds is 2. The van der Waals surface area contributed by atoms with Gasteiger partial charge in [0.1, 0.15) is 0 Å². The Morgan fingerprint density at radius 1 is 0.375 bits per heavy atom. The molecular formula is C38H36N2. The number of para-hydroxylation sites is 3.